The molecule has 0 aromatic rings. The van der Waals surface area contributed by atoms with Gasteiger partial charge in [0.15, 0.2) is 6.10 Å². The average molecular weight is 1060 g/mol. The first-order valence-electron chi connectivity index (χ1n) is 28.8. The van der Waals surface area contributed by atoms with Gasteiger partial charge in [-0.05, 0) is 122 Å². The molecule has 3 unspecified atom stereocenters. The summed E-state index contributed by atoms with van der Waals surface area (Å²) in [5.74, 6) is -1.54. The van der Waals surface area contributed by atoms with E-state index in [2.05, 4.69) is 130 Å². The van der Waals surface area contributed by atoms with Gasteiger partial charge in [-0.15, -0.1) is 0 Å². The third kappa shape index (κ3) is 53.0. The second-order valence-electron chi connectivity index (χ2n) is 18.7. The van der Waals surface area contributed by atoms with E-state index in [1.54, 1.807) is 0 Å². The maximum atomic E-state index is 12.9. The number of ether oxygens (including phenoxy) is 3. The zero-order valence-electron chi connectivity index (χ0n) is 46.5. The van der Waals surface area contributed by atoms with Crippen LogP contribution < -0.4 is 0 Å². The molecule has 0 aromatic heterocycles. The summed E-state index contributed by atoms with van der Waals surface area (Å²) >= 11 is 0. The van der Waals surface area contributed by atoms with Crippen LogP contribution in [-0.2, 0) is 42.2 Å². The highest BCUT2D eigenvalue weighted by Crippen LogP contribution is 2.43. The molecule has 12 heteroatoms. The van der Waals surface area contributed by atoms with E-state index in [1.807, 2.05) is 0 Å². The second-order valence-corrected chi connectivity index (χ2v) is 20.1. The van der Waals surface area contributed by atoms with Crippen molar-refractivity contribution in [3.05, 3.63) is 109 Å². The number of phosphoric acid groups is 1. The van der Waals surface area contributed by atoms with Gasteiger partial charge < -0.3 is 24.2 Å². The number of phosphoric ester groups is 1. The largest absolute Gasteiger partial charge is 0.472 e. The number of unbranched alkanes of at least 4 members (excludes halogenated alkanes) is 17. The Morgan fingerprint density at radius 2 is 0.703 bits per heavy atom. The van der Waals surface area contributed by atoms with Crippen molar-refractivity contribution >= 4 is 25.7 Å². The molecule has 0 amide bonds. The minimum Gasteiger partial charge on any atom is -0.462 e. The number of carbonyl (C=O) groups is 3. The van der Waals surface area contributed by atoms with E-state index in [0.717, 1.165) is 141 Å². The topological polar surface area (TPSA) is 155 Å². The Labute approximate surface area is 450 Å². The first-order valence-corrected chi connectivity index (χ1v) is 30.3. The smallest absolute Gasteiger partial charge is 0.462 e. The van der Waals surface area contributed by atoms with Crippen molar-refractivity contribution < 1.29 is 52.2 Å². The molecule has 0 aromatic carbocycles. The van der Waals surface area contributed by atoms with Crippen LogP contribution in [0.25, 0.3) is 0 Å². The van der Waals surface area contributed by atoms with Crippen molar-refractivity contribution in [1.29, 1.82) is 0 Å². The molecule has 0 aliphatic carbocycles. The van der Waals surface area contributed by atoms with Gasteiger partial charge in [-0.3, -0.25) is 23.4 Å². The first-order chi connectivity index (χ1) is 36.2. The number of aliphatic hydroxyl groups excluding tert-OH is 1. The van der Waals surface area contributed by atoms with Crippen LogP contribution in [0.2, 0.25) is 0 Å². The molecule has 0 rings (SSSR count). The number of allylic oxidation sites excluding steroid dienone is 18. The van der Waals surface area contributed by atoms with Crippen molar-refractivity contribution in [1.82, 2.24) is 0 Å². The first kappa shape index (κ1) is 70.1. The number of hydrogen-bond donors (Lipinski definition) is 2. The maximum absolute atomic E-state index is 12.9. The Morgan fingerprint density at radius 1 is 0.392 bits per heavy atom. The van der Waals surface area contributed by atoms with Crippen LogP contribution >= 0.6 is 7.82 Å². The predicted octanol–water partition coefficient (Wildman–Crippen LogP) is 17.0. The molecule has 74 heavy (non-hydrogen) atoms. The fourth-order valence-electron chi connectivity index (χ4n) is 7.33. The lowest BCUT2D eigenvalue weighted by atomic mass is 10.1. The molecule has 3 atom stereocenters. The Hall–Kier alpha value is -3.86. The third-order valence-electron chi connectivity index (χ3n) is 11.7. The van der Waals surface area contributed by atoms with Crippen LogP contribution in [0.3, 0.4) is 0 Å². The Morgan fingerprint density at radius 3 is 1.11 bits per heavy atom. The van der Waals surface area contributed by atoms with Gasteiger partial charge in [-0.25, -0.2) is 4.57 Å². The Kier molecular flexibility index (Phi) is 52.5. The number of esters is 3. The lowest BCUT2D eigenvalue weighted by Gasteiger charge is -2.21. The molecule has 0 spiro atoms. The van der Waals surface area contributed by atoms with Gasteiger partial charge in [0, 0.05) is 19.3 Å². The summed E-state index contributed by atoms with van der Waals surface area (Å²) in [5.41, 5.74) is 0. The van der Waals surface area contributed by atoms with Gasteiger partial charge in [0.25, 0.3) is 0 Å². The van der Waals surface area contributed by atoms with Gasteiger partial charge in [-0.2, -0.15) is 0 Å². The summed E-state index contributed by atoms with van der Waals surface area (Å²) in [5, 5.41) is 9.81. The molecule has 0 aliphatic heterocycles. The van der Waals surface area contributed by atoms with Crippen LogP contribution in [0.4, 0.5) is 0 Å². The van der Waals surface area contributed by atoms with E-state index in [4.69, 9.17) is 23.3 Å². The van der Waals surface area contributed by atoms with Crippen LogP contribution in [0.1, 0.15) is 226 Å². The molecule has 0 aliphatic rings. The molecule has 2 N–H and O–H groups in total. The van der Waals surface area contributed by atoms with Gasteiger partial charge in [0.2, 0.25) is 0 Å². The highest BCUT2D eigenvalue weighted by atomic mass is 31.2. The van der Waals surface area contributed by atoms with Gasteiger partial charge in [0.05, 0.1) is 19.8 Å². The van der Waals surface area contributed by atoms with E-state index in [-0.39, 0.29) is 25.9 Å². The van der Waals surface area contributed by atoms with E-state index >= 15 is 0 Å². The number of hydrogen-bond acceptors (Lipinski definition) is 10. The lowest BCUT2D eigenvalue weighted by Crippen LogP contribution is -2.30. The molecule has 0 heterocycles. The van der Waals surface area contributed by atoms with E-state index in [9.17, 15) is 28.9 Å². The minimum absolute atomic E-state index is 0.135. The monoisotopic (exact) mass is 1050 g/mol. The molecular formula is C62H103O11P. The Balaban J connectivity index is 4.82. The Bertz CT molecular complexity index is 1660. The molecular weight excluding hydrogens is 952 g/mol. The molecule has 0 radical (unpaired) electrons. The summed E-state index contributed by atoms with van der Waals surface area (Å²) < 4.78 is 39.5. The van der Waals surface area contributed by atoms with Gasteiger partial charge in [-0.1, -0.05) is 194 Å². The normalized spacial score (nSPS) is 14.2. The van der Waals surface area contributed by atoms with Crippen molar-refractivity contribution in [3.8, 4) is 0 Å². The minimum atomic E-state index is -4.77. The summed E-state index contributed by atoms with van der Waals surface area (Å²) in [6.45, 7) is 4.32. The summed E-state index contributed by atoms with van der Waals surface area (Å²) in [7, 11) is -4.77. The summed E-state index contributed by atoms with van der Waals surface area (Å²) in [4.78, 5) is 48.5. The van der Waals surface area contributed by atoms with Crippen molar-refractivity contribution in [2.45, 2.75) is 238 Å². The predicted molar refractivity (Wildman–Crippen MR) is 307 cm³/mol. The highest BCUT2D eigenvalue weighted by molar-refractivity contribution is 7.47. The second kappa shape index (κ2) is 55.4. The standard InChI is InChI=1S/C62H103O11P/c1-4-7-10-13-16-19-22-25-27-28-29-30-32-34-36-39-42-45-48-51-60(64)69-55-59(73-62(66)53-50-47-44-41-38-35-31-26-23-20-17-14-11-8-5-2)57-71-74(67,68)70-56-58(54-63)72-61(65)52-49-46-43-40-37-33-24-21-18-15-12-9-6-3/h7-8,10-11,16-17,19-21,24-27,29-31,34,36,58-59,63H,4-6,9,12-15,18,22-23,28,32-33,35,37-57H2,1-3H3,(H,67,68)/b10-7-,11-8-,19-16-,20-17-,24-21-,27-25-,30-29-,31-26-,36-34-. The molecule has 0 saturated carbocycles. The maximum Gasteiger partial charge on any atom is 0.472 e. The van der Waals surface area contributed by atoms with Crippen molar-refractivity contribution in [3.63, 3.8) is 0 Å². The van der Waals surface area contributed by atoms with Crippen molar-refractivity contribution in [2.75, 3.05) is 26.4 Å². The van der Waals surface area contributed by atoms with Crippen LogP contribution in [0, 0.1) is 0 Å². The van der Waals surface area contributed by atoms with Crippen molar-refractivity contribution in [2.24, 2.45) is 0 Å². The zero-order chi connectivity index (χ0) is 54.1. The van der Waals surface area contributed by atoms with E-state index < -0.39 is 57.8 Å². The van der Waals surface area contributed by atoms with Gasteiger partial charge >= 0.3 is 25.7 Å². The fourth-order valence-corrected chi connectivity index (χ4v) is 8.12. The number of aliphatic hydroxyl groups is 1. The molecule has 0 fully saturated rings. The fraction of sp³-hybridized carbons (Fsp3) is 0.661. The molecule has 422 valence electrons. The van der Waals surface area contributed by atoms with Crippen LogP contribution in [0.15, 0.2) is 109 Å². The van der Waals surface area contributed by atoms with E-state index in [0.29, 0.717) is 19.3 Å². The number of rotatable bonds is 52. The number of carbonyl (C=O) groups excluding carboxylic acids is 3. The zero-order valence-corrected chi connectivity index (χ0v) is 47.4. The molecule has 0 bridgehead atoms. The highest BCUT2D eigenvalue weighted by Gasteiger charge is 2.28. The summed E-state index contributed by atoms with van der Waals surface area (Å²) in [6, 6.07) is 0. The van der Waals surface area contributed by atoms with Crippen LogP contribution in [-0.4, -0.2) is 66.5 Å². The summed E-state index contributed by atoms with van der Waals surface area (Å²) in [6.07, 6.45) is 66.2. The van der Waals surface area contributed by atoms with Crippen LogP contribution in [0.5, 0.6) is 0 Å². The quantitative estimate of drug-likeness (QED) is 0.0197. The van der Waals surface area contributed by atoms with E-state index in [1.165, 1.54) is 25.7 Å². The molecule has 0 saturated heterocycles. The third-order valence-corrected chi connectivity index (χ3v) is 12.6. The molecule has 11 nitrogen and oxygen atoms in total. The SMILES string of the molecule is CC/C=C\C/C=C\C/C=C\C/C=C\C/C=C\CCCCCC(=O)OCC(COP(=O)(O)OCC(CO)OC(=O)CCCCCCC/C=C\CCCCCC)OC(=O)CCCCCCC/C=C\C/C=C\C/C=C\CC. The average Bonchev–Trinajstić information content (AvgIpc) is 3.39. The lowest BCUT2D eigenvalue weighted by molar-refractivity contribution is -0.161. The van der Waals surface area contributed by atoms with Gasteiger partial charge in [0.1, 0.15) is 12.7 Å².